The van der Waals surface area contributed by atoms with Gasteiger partial charge in [0.2, 0.25) is 0 Å². The molecule has 0 spiro atoms. The monoisotopic (exact) mass is 243 g/mol. The molecular formula is C14H13NO3. The standard InChI is InChI=1S/C14H13NO3/c16-14(17)11-6-10-2-1-5-15-13(10)12(7-11)18-8-9-3-4-9/h1-2,5-7,9H,3-4,8H2,(H,16,17). The second-order valence-electron chi connectivity index (χ2n) is 4.61. The van der Waals surface area contributed by atoms with E-state index in [1.807, 2.05) is 6.07 Å². The SMILES string of the molecule is O=C(O)c1cc(OCC2CC2)c2ncccc2c1. The number of carboxylic acid groups (broad SMARTS) is 1. The van der Waals surface area contributed by atoms with Crippen LogP contribution < -0.4 is 4.74 Å². The number of nitrogens with zero attached hydrogens (tertiary/aromatic N) is 1. The zero-order valence-corrected chi connectivity index (χ0v) is 9.80. The van der Waals surface area contributed by atoms with Gasteiger partial charge in [-0.25, -0.2) is 4.79 Å². The first-order valence-electron chi connectivity index (χ1n) is 5.99. The van der Waals surface area contributed by atoms with E-state index in [-0.39, 0.29) is 5.56 Å². The Labute approximate surface area is 104 Å². The Morgan fingerprint density at radius 1 is 1.44 bits per heavy atom. The summed E-state index contributed by atoms with van der Waals surface area (Å²) in [7, 11) is 0. The zero-order valence-electron chi connectivity index (χ0n) is 9.80. The van der Waals surface area contributed by atoms with Crippen LogP contribution in [-0.4, -0.2) is 22.7 Å². The maximum absolute atomic E-state index is 11.1. The summed E-state index contributed by atoms with van der Waals surface area (Å²) in [4.78, 5) is 15.3. The number of aromatic carboxylic acids is 1. The molecule has 0 bridgehead atoms. The average molecular weight is 243 g/mol. The zero-order chi connectivity index (χ0) is 12.5. The highest BCUT2D eigenvalue weighted by Crippen LogP contribution is 2.32. The molecule has 0 radical (unpaired) electrons. The van der Waals surface area contributed by atoms with Crippen molar-refractivity contribution in [3.8, 4) is 5.75 Å². The first-order valence-corrected chi connectivity index (χ1v) is 5.99. The van der Waals surface area contributed by atoms with Crippen LogP contribution in [0.5, 0.6) is 5.75 Å². The fourth-order valence-corrected chi connectivity index (χ4v) is 1.88. The lowest BCUT2D eigenvalue weighted by atomic mass is 10.1. The number of aromatic nitrogens is 1. The van der Waals surface area contributed by atoms with Gasteiger partial charge >= 0.3 is 5.97 Å². The van der Waals surface area contributed by atoms with Gasteiger partial charge in [0.1, 0.15) is 11.3 Å². The number of hydrogen-bond acceptors (Lipinski definition) is 3. The van der Waals surface area contributed by atoms with E-state index in [1.165, 1.54) is 12.8 Å². The summed E-state index contributed by atoms with van der Waals surface area (Å²) in [5.74, 6) is 0.242. The van der Waals surface area contributed by atoms with Crippen molar-refractivity contribution in [2.24, 2.45) is 5.92 Å². The summed E-state index contributed by atoms with van der Waals surface area (Å²) >= 11 is 0. The summed E-state index contributed by atoms with van der Waals surface area (Å²) in [6, 6.07) is 6.81. The lowest BCUT2D eigenvalue weighted by molar-refractivity contribution is 0.0696. The largest absolute Gasteiger partial charge is 0.491 e. The van der Waals surface area contributed by atoms with Crippen LogP contribution in [0.15, 0.2) is 30.5 Å². The van der Waals surface area contributed by atoms with Crippen LogP contribution in [0.2, 0.25) is 0 Å². The van der Waals surface area contributed by atoms with E-state index in [4.69, 9.17) is 9.84 Å². The van der Waals surface area contributed by atoms with Crippen molar-refractivity contribution in [2.75, 3.05) is 6.61 Å². The summed E-state index contributed by atoms with van der Waals surface area (Å²) in [6.45, 7) is 0.648. The van der Waals surface area contributed by atoms with Gasteiger partial charge in [-0.05, 0) is 37.0 Å². The third-order valence-electron chi connectivity index (χ3n) is 3.09. The molecule has 2 aromatic rings. The molecule has 1 aliphatic carbocycles. The van der Waals surface area contributed by atoms with Crippen LogP contribution in [0.25, 0.3) is 10.9 Å². The smallest absolute Gasteiger partial charge is 0.335 e. The van der Waals surface area contributed by atoms with Crippen LogP contribution in [0.3, 0.4) is 0 Å². The molecule has 1 fully saturated rings. The Morgan fingerprint density at radius 3 is 3.00 bits per heavy atom. The Kier molecular flexibility index (Phi) is 2.63. The normalized spacial score (nSPS) is 14.7. The molecule has 1 heterocycles. The fourth-order valence-electron chi connectivity index (χ4n) is 1.88. The molecule has 1 N–H and O–H groups in total. The van der Waals surface area contributed by atoms with Crippen molar-refractivity contribution >= 4 is 16.9 Å². The van der Waals surface area contributed by atoms with Gasteiger partial charge in [-0.15, -0.1) is 0 Å². The van der Waals surface area contributed by atoms with Crippen molar-refractivity contribution in [3.63, 3.8) is 0 Å². The van der Waals surface area contributed by atoms with Crippen molar-refractivity contribution in [2.45, 2.75) is 12.8 Å². The van der Waals surface area contributed by atoms with Gasteiger partial charge in [0.25, 0.3) is 0 Å². The number of hydrogen-bond donors (Lipinski definition) is 1. The Bertz CT molecular complexity index is 605. The minimum Gasteiger partial charge on any atom is -0.491 e. The lowest BCUT2D eigenvalue weighted by Crippen LogP contribution is -2.03. The molecular weight excluding hydrogens is 230 g/mol. The van der Waals surface area contributed by atoms with Crippen molar-refractivity contribution < 1.29 is 14.6 Å². The lowest BCUT2D eigenvalue weighted by Gasteiger charge is -2.09. The van der Waals surface area contributed by atoms with Crippen LogP contribution in [-0.2, 0) is 0 Å². The molecule has 0 atom stereocenters. The average Bonchev–Trinajstić information content (AvgIpc) is 3.19. The van der Waals surface area contributed by atoms with E-state index in [9.17, 15) is 4.79 Å². The molecule has 0 amide bonds. The molecule has 0 aliphatic heterocycles. The van der Waals surface area contributed by atoms with Crippen molar-refractivity contribution in [1.82, 2.24) is 4.98 Å². The molecule has 18 heavy (non-hydrogen) atoms. The molecule has 0 unspecified atom stereocenters. The van der Waals surface area contributed by atoms with Crippen LogP contribution in [0.4, 0.5) is 0 Å². The summed E-state index contributed by atoms with van der Waals surface area (Å²) in [6.07, 6.45) is 4.08. The third-order valence-corrected chi connectivity index (χ3v) is 3.09. The molecule has 1 aliphatic rings. The van der Waals surface area contributed by atoms with E-state index in [0.29, 0.717) is 18.3 Å². The fraction of sp³-hybridized carbons (Fsp3) is 0.286. The number of carboxylic acids is 1. The summed E-state index contributed by atoms with van der Waals surface area (Å²) in [5, 5.41) is 9.88. The first-order chi connectivity index (χ1) is 8.74. The Hall–Kier alpha value is -2.10. The highest BCUT2D eigenvalue weighted by Gasteiger charge is 2.22. The van der Waals surface area contributed by atoms with E-state index < -0.39 is 5.97 Å². The molecule has 4 nitrogen and oxygen atoms in total. The number of carbonyl (C=O) groups is 1. The summed E-state index contributed by atoms with van der Waals surface area (Å²) < 4.78 is 5.71. The van der Waals surface area contributed by atoms with Crippen molar-refractivity contribution in [1.29, 1.82) is 0 Å². The molecule has 92 valence electrons. The van der Waals surface area contributed by atoms with E-state index in [2.05, 4.69) is 4.98 Å². The molecule has 1 saturated carbocycles. The second kappa shape index (κ2) is 4.29. The van der Waals surface area contributed by atoms with Gasteiger partial charge in [0, 0.05) is 11.6 Å². The van der Waals surface area contributed by atoms with Gasteiger partial charge in [0.15, 0.2) is 0 Å². The van der Waals surface area contributed by atoms with Crippen LogP contribution >= 0.6 is 0 Å². The predicted octanol–water partition coefficient (Wildman–Crippen LogP) is 2.72. The number of fused-ring (bicyclic) bond motifs is 1. The first kappa shape index (κ1) is 11.0. The van der Waals surface area contributed by atoms with Crippen LogP contribution in [0, 0.1) is 5.92 Å². The van der Waals surface area contributed by atoms with Crippen LogP contribution in [0.1, 0.15) is 23.2 Å². The highest BCUT2D eigenvalue weighted by atomic mass is 16.5. The quantitative estimate of drug-likeness (QED) is 0.896. The van der Waals surface area contributed by atoms with E-state index in [1.54, 1.807) is 24.4 Å². The number of pyridine rings is 1. The maximum Gasteiger partial charge on any atom is 0.335 e. The molecule has 1 aromatic carbocycles. The number of rotatable bonds is 4. The topological polar surface area (TPSA) is 59.4 Å². The second-order valence-corrected chi connectivity index (χ2v) is 4.61. The van der Waals surface area contributed by atoms with Gasteiger partial charge in [-0.2, -0.15) is 0 Å². The Balaban J connectivity index is 2.03. The third kappa shape index (κ3) is 2.14. The minimum absolute atomic E-state index is 0.237. The predicted molar refractivity (Wildman–Crippen MR) is 66.9 cm³/mol. The van der Waals surface area contributed by atoms with Gasteiger partial charge in [-0.1, -0.05) is 6.07 Å². The Morgan fingerprint density at radius 2 is 2.28 bits per heavy atom. The summed E-state index contributed by atoms with van der Waals surface area (Å²) in [5.41, 5.74) is 0.962. The molecule has 1 aromatic heterocycles. The van der Waals surface area contributed by atoms with Crippen molar-refractivity contribution in [3.05, 3.63) is 36.0 Å². The molecule has 0 saturated heterocycles. The van der Waals surface area contributed by atoms with E-state index >= 15 is 0 Å². The number of ether oxygens (including phenoxy) is 1. The van der Waals surface area contributed by atoms with Gasteiger partial charge in [-0.3, -0.25) is 4.98 Å². The van der Waals surface area contributed by atoms with E-state index in [0.717, 1.165) is 10.9 Å². The molecule has 3 rings (SSSR count). The molecule has 4 heteroatoms. The maximum atomic E-state index is 11.1. The number of benzene rings is 1. The minimum atomic E-state index is -0.947. The van der Waals surface area contributed by atoms with Gasteiger partial charge in [0.05, 0.1) is 12.2 Å². The van der Waals surface area contributed by atoms with Gasteiger partial charge < -0.3 is 9.84 Å². The highest BCUT2D eigenvalue weighted by molar-refractivity contribution is 5.95.